The standard InChI is InChI=1S/C18H22N2O4/c1-18(2,3)24-17(23)19-11-13-7-5-6-12(8-13)9-14-10-15(21)20(4)16(14)22/h5-9H,10-11H2,1-4H3,(H,19,23)/b14-9+. The van der Waals surface area contributed by atoms with Crippen molar-refractivity contribution in [2.45, 2.75) is 39.3 Å². The first-order valence-corrected chi connectivity index (χ1v) is 7.73. The largest absolute Gasteiger partial charge is 0.444 e. The lowest BCUT2D eigenvalue weighted by Gasteiger charge is -2.19. The number of likely N-dealkylation sites (N-methyl/N-ethyl adjacent to an activating group) is 1. The Bertz CT molecular complexity index is 701. The monoisotopic (exact) mass is 330 g/mol. The van der Waals surface area contributed by atoms with Crippen LogP contribution in [0.15, 0.2) is 29.8 Å². The quantitative estimate of drug-likeness (QED) is 0.682. The van der Waals surface area contributed by atoms with Crippen LogP contribution in [0.1, 0.15) is 38.3 Å². The summed E-state index contributed by atoms with van der Waals surface area (Å²) in [6, 6.07) is 7.41. The SMILES string of the molecule is CN1C(=O)C/C(=C\c2cccc(CNC(=O)OC(C)(C)C)c2)C1=O. The van der Waals surface area contributed by atoms with Crippen molar-refractivity contribution in [3.05, 3.63) is 41.0 Å². The number of nitrogens with one attached hydrogen (secondary N) is 1. The normalized spacial score (nSPS) is 16.7. The molecule has 0 atom stereocenters. The average Bonchev–Trinajstić information content (AvgIpc) is 2.71. The van der Waals surface area contributed by atoms with Crippen LogP contribution in [0.25, 0.3) is 6.08 Å². The van der Waals surface area contributed by atoms with Crippen LogP contribution in [0.2, 0.25) is 0 Å². The van der Waals surface area contributed by atoms with E-state index in [0.717, 1.165) is 16.0 Å². The Morgan fingerprint density at radius 2 is 2.04 bits per heavy atom. The van der Waals surface area contributed by atoms with Crippen LogP contribution in [-0.2, 0) is 20.9 Å². The van der Waals surface area contributed by atoms with E-state index in [1.54, 1.807) is 26.8 Å². The van der Waals surface area contributed by atoms with Crippen LogP contribution < -0.4 is 5.32 Å². The van der Waals surface area contributed by atoms with Crippen molar-refractivity contribution in [1.82, 2.24) is 10.2 Å². The van der Waals surface area contributed by atoms with Crippen molar-refractivity contribution in [2.75, 3.05) is 7.05 Å². The van der Waals surface area contributed by atoms with Crippen LogP contribution in [0, 0.1) is 0 Å². The Morgan fingerprint density at radius 3 is 2.62 bits per heavy atom. The molecule has 1 aromatic rings. The van der Waals surface area contributed by atoms with Crippen LogP contribution in [0.5, 0.6) is 0 Å². The topological polar surface area (TPSA) is 75.7 Å². The van der Waals surface area contributed by atoms with E-state index in [-0.39, 0.29) is 18.2 Å². The summed E-state index contributed by atoms with van der Waals surface area (Å²) in [6.45, 7) is 5.72. The Morgan fingerprint density at radius 1 is 1.33 bits per heavy atom. The number of nitrogens with zero attached hydrogens (tertiary/aromatic N) is 1. The molecule has 1 fully saturated rings. The maximum absolute atomic E-state index is 11.9. The Labute approximate surface area is 141 Å². The number of alkyl carbamates (subject to hydrolysis) is 1. The van der Waals surface area contributed by atoms with Crippen LogP contribution in [0.3, 0.4) is 0 Å². The van der Waals surface area contributed by atoms with E-state index in [1.807, 2.05) is 24.3 Å². The fourth-order valence-electron chi connectivity index (χ4n) is 2.28. The van der Waals surface area contributed by atoms with Gasteiger partial charge in [0.25, 0.3) is 5.91 Å². The average molecular weight is 330 g/mol. The smallest absolute Gasteiger partial charge is 0.407 e. The lowest BCUT2D eigenvalue weighted by molar-refractivity contribution is -0.135. The van der Waals surface area contributed by atoms with E-state index in [9.17, 15) is 14.4 Å². The lowest BCUT2D eigenvalue weighted by Crippen LogP contribution is -2.32. The van der Waals surface area contributed by atoms with Gasteiger partial charge in [0, 0.05) is 19.2 Å². The number of amides is 3. The van der Waals surface area contributed by atoms with Gasteiger partial charge in [0.15, 0.2) is 0 Å². The van der Waals surface area contributed by atoms with E-state index in [2.05, 4.69) is 5.32 Å². The van der Waals surface area contributed by atoms with Gasteiger partial charge in [0.2, 0.25) is 5.91 Å². The molecule has 24 heavy (non-hydrogen) atoms. The summed E-state index contributed by atoms with van der Waals surface area (Å²) >= 11 is 0. The van der Waals surface area contributed by atoms with Gasteiger partial charge in [-0.2, -0.15) is 0 Å². The zero-order valence-electron chi connectivity index (χ0n) is 14.4. The highest BCUT2D eigenvalue weighted by Crippen LogP contribution is 2.20. The van der Waals surface area contributed by atoms with Crippen molar-refractivity contribution in [1.29, 1.82) is 0 Å². The third-order valence-corrected chi connectivity index (χ3v) is 3.42. The van der Waals surface area contributed by atoms with Gasteiger partial charge in [-0.25, -0.2) is 4.79 Å². The first-order valence-electron chi connectivity index (χ1n) is 7.73. The zero-order valence-corrected chi connectivity index (χ0v) is 14.4. The van der Waals surface area contributed by atoms with E-state index < -0.39 is 11.7 Å². The Balaban J connectivity index is 2.03. The molecular formula is C18H22N2O4. The molecule has 0 unspecified atom stereocenters. The maximum atomic E-state index is 11.9. The second kappa shape index (κ2) is 6.86. The van der Waals surface area contributed by atoms with Crippen molar-refractivity contribution in [2.24, 2.45) is 0 Å². The molecule has 6 nitrogen and oxygen atoms in total. The minimum absolute atomic E-state index is 0.121. The van der Waals surface area contributed by atoms with Gasteiger partial charge in [0.1, 0.15) is 5.60 Å². The molecule has 1 saturated heterocycles. The summed E-state index contributed by atoms with van der Waals surface area (Å²) in [7, 11) is 1.48. The predicted molar refractivity (Wildman–Crippen MR) is 89.9 cm³/mol. The molecule has 1 heterocycles. The van der Waals surface area contributed by atoms with Gasteiger partial charge in [0.05, 0.1) is 6.42 Å². The summed E-state index contributed by atoms with van der Waals surface area (Å²) in [6.07, 6.45) is 1.35. The van der Waals surface area contributed by atoms with E-state index in [1.165, 1.54) is 7.05 Å². The summed E-state index contributed by atoms with van der Waals surface area (Å²) in [5.74, 6) is -0.466. The fourth-order valence-corrected chi connectivity index (χ4v) is 2.28. The first kappa shape index (κ1) is 17.7. The van der Waals surface area contributed by atoms with Crippen LogP contribution in [0.4, 0.5) is 4.79 Å². The van der Waals surface area contributed by atoms with E-state index in [0.29, 0.717) is 12.1 Å². The molecule has 128 valence electrons. The van der Waals surface area contributed by atoms with Crippen molar-refractivity contribution in [3.8, 4) is 0 Å². The molecule has 3 amide bonds. The number of imide groups is 1. The molecule has 1 aliphatic heterocycles. The number of rotatable bonds is 3. The number of likely N-dealkylation sites (tertiary alicyclic amines) is 1. The molecule has 1 aromatic carbocycles. The van der Waals surface area contributed by atoms with Crippen LogP contribution >= 0.6 is 0 Å². The molecule has 0 radical (unpaired) electrons. The molecule has 0 bridgehead atoms. The number of carbonyl (C=O) groups excluding carboxylic acids is 3. The molecule has 0 aromatic heterocycles. The highest BCUT2D eigenvalue weighted by molar-refractivity contribution is 6.15. The summed E-state index contributed by atoms with van der Waals surface area (Å²) < 4.78 is 5.19. The Kier molecular flexibility index (Phi) is 5.07. The second-order valence-corrected chi connectivity index (χ2v) is 6.70. The number of hydrogen-bond acceptors (Lipinski definition) is 4. The summed E-state index contributed by atoms with van der Waals surface area (Å²) in [5, 5.41) is 2.69. The third kappa shape index (κ3) is 4.68. The number of carbonyl (C=O) groups is 3. The molecule has 6 heteroatoms. The summed E-state index contributed by atoms with van der Waals surface area (Å²) in [5.41, 5.74) is 1.61. The van der Waals surface area contributed by atoms with Gasteiger partial charge < -0.3 is 10.1 Å². The van der Waals surface area contributed by atoms with Gasteiger partial charge in [-0.3, -0.25) is 14.5 Å². The molecular weight excluding hydrogens is 308 g/mol. The van der Waals surface area contributed by atoms with Crippen molar-refractivity contribution < 1.29 is 19.1 Å². The number of ether oxygens (including phenoxy) is 1. The van der Waals surface area contributed by atoms with E-state index in [4.69, 9.17) is 4.74 Å². The highest BCUT2D eigenvalue weighted by Gasteiger charge is 2.30. The third-order valence-electron chi connectivity index (χ3n) is 3.42. The molecule has 0 aliphatic carbocycles. The predicted octanol–water partition coefficient (Wildman–Crippen LogP) is 2.48. The van der Waals surface area contributed by atoms with Crippen LogP contribution in [-0.4, -0.2) is 35.5 Å². The number of benzene rings is 1. The van der Waals surface area contributed by atoms with Crippen molar-refractivity contribution >= 4 is 24.0 Å². The highest BCUT2D eigenvalue weighted by atomic mass is 16.6. The number of hydrogen-bond donors (Lipinski definition) is 1. The minimum Gasteiger partial charge on any atom is -0.444 e. The van der Waals surface area contributed by atoms with Gasteiger partial charge in [-0.05, 0) is 44.0 Å². The van der Waals surface area contributed by atoms with E-state index >= 15 is 0 Å². The molecule has 1 N–H and O–H groups in total. The van der Waals surface area contributed by atoms with Gasteiger partial charge in [-0.1, -0.05) is 18.2 Å². The molecule has 1 aliphatic rings. The van der Waals surface area contributed by atoms with Gasteiger partial charge >= 0.3 is 6.09 Å². The Hall–Kier alpha value is -2.63. The van der Waals surface area contributed by atoms with Crippen molar-refractivity contribution in [3.63, 3.8) is 0 Å². The van der Waals surface area contributed by atoms with Gasteiger partial charge in [-0.15, -0.1) is 0 Å². The lowest BCUT2D eigenvalue weighted by atomic mass is 10.1. The molecule has 0 saturated carbocycles. The summed E-state index contributed by atoms with van der Waals surface area (Å²) in [4.78, 5) is 36.3. The first-order chi connectivity index (χ1) is 11.2. The fraction of sp³-hybridized carbons (Fsp3) is 0.389. The molecule has 2 rings (SSSR count). The minimum atomic E-state index is -0.544. The molecule has 0 spiro atoms. The maximum Gasteiger partial charge on any atom is 0.407 e. The second-order valence-electron chi connectivity index (χ2n) is 6.70. The zero-order chi connectivity index (χ0) is 17.9.